The van der Waals surface area contributed by atoms with Gasteiger partial charge in [-0.05, 0) is 12.8 Å². The summed E-state index contributed by atoms with van der Waals surface area (Å²) in [5, 5.41) is 13.7. The van der Waals surface area contributed by atoms with E-state index < -0.39 is 6.10 Å². The Labute approximate surface area is 99.9 Å². The van der Waals surface area contributed by atoms with Crippen molar-refractivity contribution in [3.8, 4) is 0 Å². The number of aryl methyl sites for hydroxylation is 1. The van der Waals surface area contributed by atoms with Gasteiger partial charge in [-0.1, -0.05) is 5.16 Å². The van der Waals surface area contributed by atoms with Crippen LogP contribution in [0.4, 0.5) is 0 Å². The lowest BCUT2D eigenvalue weighted by atomic mass is 9.99. The van der Waals surface area contributed by atoms with Gasteiger partial charge in [0, 0.05) is 26.7 Å². The van der Waals surface area contributed by atoms with Crippen LogP contribution in [0.15, 0.2) is 4.52 Å². The van der Waals surface area contributed by atoms with Gasteiger partial charge in [-0.2, -0.15) is 4.98 Å². The third-order valence-electron chi connectivity index (χ3n) is 2.87. The molecule has 0 spiro atoms. The molecule has 0 bridgehead atoms. The van der Waals surface area contributed by atoms with E-state index in [2.05, 4.69) is 10.1 Å². The fourth-order valence-corrected chi connectivity index (χ4v) is 1.86. The van der Waals surface area contributed by atoms with Gasteiger partial charge < -0.3 is 19.1 Å². The molecule has 0 aliphatic carbocycles. The Morgan fingerprint density at radius 2 is 2.41 bits per heavy atom. The third-order valence-corrected chi connectivity index (χ3v) is 2.87. The monoisotopic (exact) mass is 242 g/mol. The molecule has 1 saturated heterocycles. The zero-order valence-corrected chi connectivity index (χ0v) is 9.96. The Kier molecular flexibility index (Phi) is 4.47. The molecule has 6 nitrogen and oxygen atoms in total. The Morgan fingerprint density at radius 1 is 1.53 bits per heavy atom. The van der Waals surface area contributed by atoms with Gasteiger partial charge in [0.05, 0.1) is 18.6 Å². The van der Waals surface area contributed by atoms with Crippen molar-refractivity contribution in [2.45, 2.75) is 31.3 Å². The molecule has 96 valence electrons. The highest BCUT2D eigenvalue weighted by Gasteiger charge is 2.30. The number of hydrogen-bond acceptors (Lipinski definition) is 6. The van der Waals surface area contributed by atoms with E-state index in [9.17, 15) is 5.11 Å². The quantitative estimate of drug-likeness (QED) is 0.758. The smallest absolute Gasteiger partial charge is 0.234 e. The van der Waals surface area contributed by atoms with Crippen molar-refractivity contribution in [3.05, 3.63) is 11.7 Å². The molecule has 1 aromatic heterocycles. The summed E-state index contributed by atoms with van der Waals surface area (Å²) in [5.74, 6) is 0.951. The van der Waals surface area contributed by atoms with E-state index in [0.29, 0.717) is 38.0 Å². The summed E-state index contributed by atoms with van der Waals surface area (Å²) in [5.41, 5.74) is 0. The number of methoxy groups -OCH3 is 1. The van der Waals surface area contributed by atoms with E-state index in [0.717, 1.165) is 12.8 Å². The van der Waals surface area contributed by atoms with Crippen LogP contribution in [0.25, 0.3) is 0 Å². The highest BCUT2D eigenvalue weighted by molar-refractivity contribution is 4.99. The predicted octanol–water partition coefficient (Wildman–Crippen LogP) is 0.513. The van der Waals surface area contributed by atoms with E-state index in [1.165, 1.54) is 0 Å². The van der Waals surface area contributed by atoms with Crippen molar-refractivity contribution in [1.82, 2.24) is 10.1 Å². The number of ether oxygens (including phenoxy) is 2. The van der Waals surface area contributed by atoms with E-state index >= 15 is 0 Å². The summed E-state index contributed by atoms with van der Waals surface area (Å²) in [6.07, 6.45) is 1.75. The van der Waals surface area contributed by atoms with Crippen LogP contribution < -0.4 is 0 Å². The largest absolute Gasteiger partial charge is 0.392 e. The Balaban J connectivity index is 1.92. The second-order valence-electron chi connectivity index (χ2n) is 4.18. The van der Waals surface area contributed by atoms with Crippen LogP contribution in [0, 0.1) is 0 Å². The number of nitrogens with zero attached hydrogens (tertiary/aromatic N) is 2. The lowest BCUT2D eigenvalue weighted by molar-refractivity contribution is -0.0149. The second kappa shape index (κ2) is 6.09. The minimum atomic E-state index is -0.448. The molecule has 6 heteroatoms. The SMILES string of the molecule is COCCCc1noc(C2COCCC2O)n1. The van der Waals surface area contributed by atoms with Crippen LogP contribution in [0.2, 0.25) is 0 Å². The first-order valence-corrected chi connectivity index (χ1v) is 5.88. The van der Waals surface area contributed by atoms with Gasteiger partial charge in [0.1, 0.15) is 0 Å². The fraction of sp³-hybridized carbons (Fsp3) is 0.818. The minimum absolute atomic E-state index is 0.188. The van der Waals surface area contributed by atoms with Crippen molar-refractivity contribution in [3.63, 3.8) is 0 Å². The average molecular weight is 242 g/mol. The van der Waals surface area contributed by atoms with Crippen molar-refractivity contribution >= 4 is 0 Å². The summed E-state index contributed by atoms with van der Waals surface area (Å²) in [6.45, 7) is 1.71. The van der Waals surface area contributed by atoms with Crippen molar-refractivity contribution in [1.29, 1.82) is 0 Å². The molecule has 17 heavy (non-hydrogen) atoms. The molecular weight excluding hydrogens is 224 g/mol. The van der Waals surface area contributed by atoms with E-state index in [4.69, 9.17) is 14.0 Å². The molecule has 2 unspecified atom stereocenters. The fourth-order valence-electron chi connectivity index (χ4n) is 1.86. The number of aliphatic hydroxyl groups excluding tert-OH is 1. The zero-order valence-electron chi connectivity index (χ0n) is 9.96. The van der Waals surface area contributed by atoms with Crippen molar-refractivity contribution in [2.75, 3.05) is 26.9 Å². The maximum absolute atomic E-state index is 9.82. The van der Waals surface area contributed by atoms with Crippen LogP contribution in [0.1, 0.15) is 30.5 Å². The summed E-state index contributed by atoms with van der Waals surface area (Å²) in [7, 11) is 1.66. The van der Waals surface area contributed by atoms with Crippen molar-refractivity contribution in [2.24, 2.45) is 0 Å². The van der Waals surface area contributed by atoms with Gasteiger partial charge in [-0.25, -0.2) is 0 Å². The Morgan fingerprint density at radius 3 is 3.18 bits per heavy atom. The third kappa shape index (κ3) is 3.24. The summed E-state index contributed by atoms with van der Waals surface area (Å²) in [6, 6.07) is 0. The Hall–Kier alpha value is -0.980. The average Bonchev–Trinajstić information content (AvgIpc) is 2.79. The molecule has 0 aromatic carbocycles. The normalized spacial score (nSPS) is 25.1. The zero-order chi connectivity index (χ0) is 12.1. The number of hydrogen-bond donors (Lipinski definition) is 1. The van der Waals surface area contributed by atoms with Crippen molar-refractivity contribution < 1.29 is 19.1 Å². The van der Waals surface area contributed by atoms with E-state index in [-0.39, 0.29) is 5.92 Å². The van der Waals surface area contributed by atoms with Gasteiger partial charge in [0.15, 0.2) is 5.82 Å². The van der Waals surface area contributed by atoms with Crippen LogP contribution in [0.5, 0.6) is 0 Å². The maximum Gasteiger partial charge on any atom is 0.234 e. The van der Waals surface area contributed by atoms with E-state index in [1.807, 2.05) is 0 Å². The number of aliphatic hydroxyl groups is 1. The summed E-state index contributed by atoms with van der Waals surface area (Å²) < 4.78 is 15.4. The second-order valence-corrected chi connectivity index (χ2v) is 4.18. The van der Waals surface area contributed by atoms with Crippen LogP contribution in [0.3, 0.4) is 0 Å². The van der Waals surface area contributed by atoms with E-state index in [1.54, 1.807) is 7.11 Å². The highest BCUT2D eigenvalue weighted by atomic mass is 16.5. The van der Waals surface area contributed by atoms with Crippen LogP contribution >= 0.6 is 0 Å². The molecule has 0 saturated carbocycles. The lowest BCUT2D eigenvalue weighted by Crippen LogP contribution is -2.30. The van der Waals surface area contributed by atoms with Gasteiger partial charge in [0.2, 0.25) is 5.89 Å². The van der Waals surface area contributed by atoms with Gasteiger partial charge >= 0.3 is 0 Å². The minimum Gasteiger partial charge on any atom is -0.392 e. The molecule has 1 aliphatic heterocycles. The van der Waals surface area contributed by atoms with Gasteiger partial charge in [0.25, 0.3) is 0 Å². The molecule has 1 aliphatic rings. The van der Waals surface area contributed by atoms with Gasteiger partial charge in [-0.3, -0.25) is 0 Å². The first-order chi connectivity index (χ1) is 8.31. The summed E-state index contributed by atoms with van der Waals surface area (Å²) in [4.78, 5) is 4.28. The number of aromatic nitrogens is 2. The van der Waals surface area contributed by atoms with Gasteiger partial charge in [-0.15, -0.1) is 0 Å². The molecule has 1 aromatic rings. The summed E-state index contributed by atoms with van der Waals surface area (Å²) >= 11 is 0. The number of rotatable bonds is 5. The first kappa shape index (κ1) is 12.5. The molecular formula is C11H18N2O4. The lowest BCUT2D eigenvalue weighted by Gasteiger charge is -2.24. The topological polar surface area (TPSA) is 77.6 Å². The molecule has 2 heterocycles. The molecule has 2 rings (SSSR count). The Bertz CT molecular complexity index is 342. The van der Waals surface area contributed by atoms with Crippen LogP contribution in [-0.4, -0.2) is 48.3 Å². The molecule has 1 fully saturated rings. The molecule has 2 atom stereocenters. The highest BCUT2D eigenvalue weighted by Crippen LogP contribution is 2.24. The predicted molar refractivity (Wildman–Crippen MR) is 58.7 cm³/mol. The standard InChI is InChI=1S/C11H18N2O4/c1-15-5-2-3-10-12-11(17-13-10)8-7-16-6-4-9(8)14/h8-9,14H,2-7H2,1H3. The molecule has 0 amide bonds. The molecule has 1 N–H and O–H groups in total. The molecule has 0 radical (unpaired) electrons. The van der Waals surface area contributed by atoms with Crippen LogP contribution in [-0.2, 0) is 15.9 Å². The maximum atomic E-state index is 9.82. The first-order valence-electron chi connectivity index (χ1n) is 5.88.